The molecule has 2 aromatic carbocycles. The van der Waals surface area contributed by atoms with Crippen molar-refractivity contribution >= 4 is 5.69 Å². The van der Waals surface area contributed by atoms with Crippen molar-refractivity contribution in [1.82, 2.24) is 5.32 Å². The number of hydrogen-bond donors (Lipinski definition) is 3. The van der Waals surface area contributed by atoms with Crippen LogP contribution in [0.5, 0.6) is 5.75 Å². The predicted octanol–water partition coefficient (Wildman–Crippen LogP) is 2.39. The van der Waals surface area contributed by atoms with Gasteiger partial charge in [0, 0.05) is 24.8 Å². The quantitative estimate of drug-likeness (QED) is 0.789. The van der Waals surface area contributed by atoms with E-state index in [1.165, 1.54) is 5.56 Å². The molecule has 2 aromatic rings. The molecule has 21 heavy (non-hydrogen) atoms. The summed E-state index contributed by atoms with van der Waals surface area (Å²) in [4.78, 5) is 0. The van der Waals surface area contributed by atoms with E-state index in [1.807, 2.05) is 30.3 Å². The fraction of sp³-hybridized carbons (Fsp3) is 0.235. The number of phenols is 1. The van der Waals surface area contributed by atoms with Crippen LogP contribution in [-0.2, 0) is 13.0 Å². The van der Waals surface area contributed by atoms with Gasteiger partial charge < -0.3 is 15.7 Å². The summed E-state index contributed by atoms with van der Waals surface area (Å²) in [6, 6.07) is 15.6. The number of rotatable bonds is 2. The van der Waals surface area contributed by atoms with Crippen LogP contribution in [0.4, 0.5) is 5.69 Å². The lowest BCUT2D eigenvalue weighted by molar-refractivity contribution is 0.474. The Morgan fingerprint density at radius 1 is 1.19 bits per heavy atom. The standard InChI is InChI=1S/C17H17N3O/c18-9-13-3-6-17-14(7-13)10-19-15(11-20-17)8-12-1-4-16(21)5-2-12/h1-7,15,19-21H,8,10-11H2/t15-/m1/s1. The first-order valence-corrected chi connectivity index (χ1v) is 7.03. The highest BCUT2D eigenvalue weighted by Crippen LogP contribution is 2.20. The molecule has 0 fully saturated rings. The minimum absolute atomic E-state index is 0.294. The lowest BCUT2D eigenvalue weighted by atomic mass is 10.1. The van der Waals surface area contributed by atoms with E-state index in [4.69, 9.17) is 5.26 Å². The fourth-order valence-corrected chi connectivity index (χ4v) is 2.60. The molecule has 1 atom stereocenters. The second-order valence-electron chi connectivity index (χ2n) is 5.31. The Morgan fingerprint density at radius 3 is 2.76 bits per heavy atom. The fourth-order valence-electron chi connectivity index (χ4n) is 2.60. The van der Waals surface area contributed by atoms with E-state index < -0.39 is 0 Å². The van der Waals surface area contributed by atoms with Gasteiger partial charge in [0.25, 0.3) is 0 Å². The maximum absolute atomic E-state index is 9.32. The van der Waals surface area contributed by atoms with Crippen molar-refractivity contribution in [2.45, 2.75) is 19.0 Å². The minimum atomic E-state index is 0.294. The minimum Gasteiger partial charge on any atom is -0.508 e. The van der Waals surface area contributed by atoms with Crippen molar-refractivity contribution in [3.8, 4) is 11.8 Å². The van der Waals surface area contributed by atoms with Crippen molar-refractivity contribution < 1.29 is 5.11 Å². The summed E-state index contributed by atoms with van der Waals surface area (Å²) in [6.45, 7) is 1.58. The number of hydrogen-bond acceptors (Lipinski definition) is 4. The van der Waals surface area contributed by atoms with Crippen LogP contribution in [0.25, 0.3) is 0 Å². The summed E-state index contributed by atoms with van der Waals surface area (Å²) in [6.07, 6.45) is 0.895. The maximum Gasteiger partial charge on any atom is 0.115 e. The molecule has 1 aliphatic heterocycles. The molecule has 0 amide bonds. The first kappa shape index (κ1) is 13.5. The topological polar surface area (TPSA) is 68.1 Å². The molecule has 0 aliphatic carbocycles. The van der Waals surface area contributed by atoms with Crippen molar-refractivity contribution in [3.63, 3.8) is 0 Å². The molecule has 0 saturated carbocycles. The summed E-state index contributed by atoms with van der Waals surface area (Å²) in [5.74, 6) is 0.294. The van der Waals surface area contributed by atoms with E-state index in [1.54, 1.807) is 12.1 Å². The third-order valence-corrected chi connectivity index (χ3v) is 3.77. The normalized spacial score (nSPS) is 17.2. The zero-order chi connectivity index (χ0) is 14.7. The largest absolute Gasteiger partial charge is 0.508 e. The number of nitrogens with zero attached hydrogens (tertiary/aromatic N) is 1. The van der Waals surface area contributed by atoms with Crippen molar-refractivity contribution in [2.75, 3.05) is 11.9 Å². The van der Waals surface area contributed by atoms with Gasteiger partial charge in [0.2, 0.25) is 0 Å². The predicted molar refractivity (Wildman–Crippen MR) is 82.1 cm³/mol. The second kappa shape index (κ2) is 5.86. The lowest BCUT2D eigenvalue weighted by Gasteiger charge is -2.16. The second-order valence-corrected chi connectivity index (χ2v) is 5.31. The Hall–Kier alpha value is -2.51. The molecule has 0 spiro atoms. The molecule has 0 unspecified atom stereocenters. The average molecular weight is 279 g/mol. The van der Waals surface area contributed by atoms with E-state index in [2.05, 4.69) is 16.7 Å². The highest BCUT2D eigenvalue weighted by atomic mass is 16.3. The van der Waals surface area contributed by atoms with E-state index in [-0.39, 0.29) is 0 Å². The molecule has 1 heterocycles. The number of benzene rings is 2. The van der Waals surface area contributed by atoms with Gasteiger partial charge in [0.05, 0.1) is 11.6 Å². The summed E-state index contributed by atoms with van der Waals surface area (Å²) in [5, 5.41) is 25.2. The van der Waals surface area contributed by atoms with Gasteiger partial charge in [0.15, 0.2) is 0 Å². The van der Waals surface area contributed by atoms with Gasteiger partial charge in [-0.25, -0.2) is 0 Å². The van der Waals surface area contributed by atoms with E-state index in [0.29, 0.717) is 17.4 Å². The van der Waals surface area contributed by atoms with Crippen LogP contribution in [0, 0.1) is 11.3 Å². The molecule has 0 radical (unpaired) electrons. The van der Waals surface area contributed by atoms with Gasteiger partial charge in [-0.3, -0.25) is 0 Å². The highest BCUT2D eigenvalue weighted by Gasteiger charge is 2.15. The molecule has 0 aromatic heterocycles. The van der Waals surface area contributed by atoms with Crippen molar-refractivity contribution in [3.05, 3.63) is 59.2 Å². The molecule has 4 nitrogen and oxygen atoms in total. The molecule has 0 saturated heterocycles. The zero-order valence-corrected chi connectivity index (χ0v) is 11.6. The number of nitrogens with one attached hydrogen (secondary N) is 2. The first-order valence-electron chi connectivity index (χ1n) is 7.03. The van der Waals surface area contributed by atoms with Gasteiger partial charge in [-0.2, -0.15) is 5.26 Å². The van der Waals surface area contributed by atoms with Crippen LogP contribution >= 0.6 is 0 Å². The van der Waals surface area contributed by atoms with Crippen molar-refractivity contribution in [1.29, 1.82) is 5.26 Å². The Kier molecular flexibility index (Phi) is 3.76. The summed E-state index contributed by atoms with van der Waals surface area (Å²) < 4.78 is 0. The van der Waals surface area contributed by atoms with Gasteiger partial charge in [-0.1, -0.05) is 12.1 Å². The molecule has 3 rings (SSSR count). The van der Waals surface area contributed by atoms with Crippen LogP contribution in [0.15, 0.2) is 42.5 Å². The SMILES string of the molecule is N#Cc1ccc2c(c1)CN[C@H](Cc1ccc(O)cc1)CN2. The molecule has 4 heteroatoms. The summed E-state index contributed by atoms with van der Waals surface area (Å²) in [5.41, 5.74) is 4.10. The van der Waals surface area contributed by atoms with Crippen molar-refractivity contribution in [2.24, 2.45) is 0 Å². The van der Waals surface area contributed by atoms with Crippen LogP contribution < -0.4 is 10.6 Å². The highest BCUT2D eigenvalue weighted by molar-refractivity contribution is 5.55. The van der Waals surface area contributed by atoms with Crippen LogP contribution in [0.2, 0.25) is 0 Å². The summed E-state index contributed by atoms with van der Waals surface area (Å²) in [7, 11) is 0. The molecule has 1 aliphatic rings. The average Bonchev–Trinajstić information content (AvgIpc) is 2.71. The smallest absolute Gasteiger partial charge is 0.115 e. The van der Waals surface area contributed by atoms with E-state index >= 15 is 0 Å². The maximum atomic E-state index is 9.32. The Morgan fingerprint density at radius 2 is 2.00 bits per heavy atom. The van der Waals surface area contributed by atoms with Gasteiger partial charge in [-0.15, -0.1) is 0 Å². The Bertz CT molecular complexity index is 673. The van der Waals surface area contributed by atoms with Crippen LogP contribution in [0.1, 0.15) is 16.7 Å². The monoisotopic (exact) mass is 279 g/mol. The number of anilines is 1. The molecule has 106 valence electrons. The number of phenolic OH excluding ortho intramolecular Hbond substituents is 1. The number of nitriles is 1. The zero-order valence-electron chi connectivity index (χ0n) is 11.6. The van der Waals surface area contributed by atoms with E-state index in [9.17, 15) is 5.11 Å². The van der Waals surface area contributed by atoms with Gasteiger partial charge >= 0.3 is 0 Å². The summed E-state index contributed by atoms with van der Waals surface area (Å²) >= 11 is 0. The molecule has 3 N–H and O–H groups in total. The third-order valence-electron chi connectivity index (χ3n) is 3.77. The van der Waals surface area contributed by atoms with Crippen LogP contribution in [0.3, 0.4) is 0 Å². The molecular weight excluding hydrogens is 262 g/mol. The van der Waals surface area contributed by atoms with Gasteiger partial charge in [0.1, 0.15) is 5.75 Å². The number of aromatic hydroxyl groups is 1. The van der Waals surface area contributed by atoms with Crippen LogP contribution in [-0.4, -0.2) is 17.7 Å². The molecule has 0 bridgehead atoms. The van der Waals surface area contributed by atoms with Gasteiger partial charge in [-0.05, 0) is 47.9 Å². The Labute approximate surface area is 124 Å². The third kappa shape index (κ3) is 3.15. The van der Waals surface area contributed by atoms with E-state index in [0.717, 1.165) is 30.8 Å². The number of fused-ring (bicyclic) bond motifs is 1. The first-order chi connectivity index (χ1) is 10.2. The Balaban J connectivity index is 1.70. The lowest BCUT2D eigenvalue weighted by Crippen LogP contribution is -2.34. The molecular formula is C17H17N3O.